The third-order valence-corrected chi connectivity index (χ3v) is 5.51. The Bertz CT molecular complexity index is 286. The first-order chi connectivity index (χ1) is 8.06. The molecule has 17 heavy (non-hydrogen) atoms. The minimum Gasteiger partial charge on any atom is -0.296 e. The molecule has 0 saturated heterocycles. The summed E-state index contributed by atoms with van der Waals surface area (Å²) in [5.74, 6) is 2.61. The van der Waals surface area contributed by atoms with E-state index in [1.807, 2.05) is 0 Å². The van der Waals surface area contributed by atoms with Gasteiger partial charge in [-0.05, 0) is 75.0 Å². The molecule has 4 fully saturated rings. The van der Waals surface area contributed by atoms with Gasteiger partial charge in [0.05, 0.1) is 0 Å². The molecular formula is C15H23FO. The molecule has 1 unspecified atom stereocenters. The topological polar surface area (TPSA) is 17.1 Å². The molecule has 4 aliphatic rings. The molecule has 4 aliphatic carbocycles. The van der Waals surface area contributed by atoms with E-state index in [0.29, 0.717) is 11.8 Å². The molecule has 0 aliphatic heterocycles. The third-order valence-electron chi connectivity index (χ3n) is 5.51. The van der Waals surface area contributed by atoms with E-state index in [2.05, 4.69) is 0 Å². The van der Waals surface area contributed by atoms with Crippen LogP contribution in [0.3, 0.4) is 0 Å². The van der Waals surface area contributed by atoms with Crippen LogP contribution in [0, 0.1) is 23.2 Å². The second-order valence-electron chi connectivity index (χ2n) is 7.00. The van der Waals surface area contributed by atoms with Gasteiger partial charge in [-0.25, -0.2) is 4.39 Å². The number of alkyl halides is 1. The van der Waals surface area contributed by atoms with E-state index in [0.717, 1.165) is 24.2 Å². The zero-order valence-corrected chi connectivity index (χ0v) is 10.8. The van der Waals surface area contributed by atoms with Crippen molar-refractivity contribution >= 4 is 5.78 Å². The average molecular weight is 238 g/mol. The molecule has 4 saturated carbocycles. The van der Waals surface area contributed by atoms with Gasteiger partial charge in [-0.2, -0.15) is 0 Å². The molecule has 0 N–H and O–H groups in total. The highest BCUT2D eigenvalue weighted by Gasteiger charge is 2.50. The number of halogens is 1. The molecular weight excluding hydrogens is 215 g/mol. The van der Waals surface area contributed by atoms with Crippen molar-refractivity contribution in [3.63, 3.8) is 0 Å². The first-order valence-electron chi connectivity index (χ1n) is 7.23. The van der Waals surface area contributed by atoms with Gasteiger partial charge in [0, 0.05) is 6.42 Å². The molecule has 0 radical (unpaired) electrons. The van der Waals surface area contributed by atoms with Crippen LogP contribution in [0.5, 0.6) is 0 Å². The quantitative estimate of drug-likeness (QED) is 0.725. The van der Waals surface area contributed by atoms with Gasteiger partial charge in [-0.3, -0.25) is 4.79 Å². The van der Waals surface area contributed by atoms with Gasteiger partial charge >= 0.3 is 0 Å². The van der Waals surface area contributed by atoms with E-state index in [1.165, 1.54) is 45.4 Å². The van der Waals surface area contributed by atoms with Gasteiger partial charge in [-0.15, -0.1) is 0 Å². The summed E-state index contributed by atoms with van der Waals surface area (Å²) in [6.07, 6.45) is 8.47. The molecule has 0 heterocycles. The van der Waals surface area contributed by atoms with Crippen LogP contribution in [0.4, 0.5) is 4.39 Å². The van der Waals surface area contributed by atoms with Gasteiger partial charge in [0.1, 0.15) is 0 Å². The molecule has 1 nitrogen and oxygen atoms in total. The van der Waals surface area contributed by atoms with Crippen molar-refractivity contribution < 1.29 is 9.18 Å². The molecule has 0 amide bonds. The highest BCUT2D eigenvalue weighted by Crippen LogP contribution is 2.61. The van der Waals surface area contributed by atoms with Crippen LogP contribution < -0.4 is 0 Å². The maximum absolute atomic E-state index is 12.9. The lowest BCUT2D eigenvalue weighted by molar-refractivity contribution is -0.125. The number of hydrogen-bond donors (Lipinski definition) is 0. The van der Waals surface area contributed by atoms with Crippen molar-refractivity contribution in [2.75, 3.05) is 0 Å². The predicted octanol–water partition coefficient (Wildman–Crippen LogP) is 3.91. The summed E-state index contributed by atoms with van der Waals surface area (Å²) in [5.41, 5.74) is 0.430. The predicted molar refractivity (Wildman–Crippen MR) is 65.4 cm³/mol. The average Bonchev–Trinajstić information content (AvgIpc) is 2.24. The van der Waals surface area contributed by atoms with Gasteiger partial charge in [0.2, 0.25) is 0 Å². The van der Waals surface area contributed by atoms with Crippen LogP contribution in [0.2, 0.25) is 0 Å². The summed E-state index contributed by atoms with van der Waals surface area (Å²) in [7, 11) is 0. The van der Waals surface area contributed by atoms with Crippen LogP contribution >= 0.6 is 0 Å². The van der Waals surface area contributed by atoms with Gasteiger partial charge in [-0.1, -0.05) is 0 Å². The molecule has 0 aromatic rings. The highest BCUT2D eigenvalue weighted by atomic mass is 19.1. The number of carbonyl (C=O) groups is 1. The number of ketones is 1. The maximum Gasteiger partial charge on any atom is 0.166 e. The van der Waals surface area contributed by atoms with Gasteiger partial charge in [0.25, 0.3) is 0 Å². The van der Waals surface area contributed by atoms with Gasteiger partial charge < -0.3 is 0 Å². The molecule has 0 spiro atoms. The van der Waals surface area contributed by atoms with E-state index < -0.39 is 6.17 Å². The smallest absolute Gasteiger partial charge is 0.166 e. The summed E-state index contributed by atoms with van der Waals surface area (Å²) < 4.78 is 12.9. The molecule has 0 aromatic carbocycles. The first kappa shape index (κ1) is 11.7. The van der Waals surface area contributed by atoms with Crippen molar-refractivity contribution in [2.45, 2.75) is 64.5 Å². The Hall–Kier alpha value is -0.400. The Morgan fingerprint density at radius 1 is 1.18 bits per heavy atom. The van der Waals surface area contributed by atoms with Crippen LogP contribution in [0.1, 0.15) is 58.3 Å². The Kier molecular flexibility index (Phi) is 2.79. The normalized spacial score (nSPS) is 44.9. The minimum atomic E-state index is -1.26. The zero-order valence-electron chi connectivity index (χ0n) is 10.8. The molecule has 2 heteroatoms. The minimum absolute atomic E-state index is 0.180. The molecule has 1 atom stereocenters. The first-order valence-corrected chi connectivity index (χ1v) is 7.23. The van der Waals surface area contributed by atoms with Crippen LogP contribution in [0.25, 0.3) is 0 Å². The van der Waals surface area contributed by atoms with Crippen LogP contribution in [0.15, 0.2) is 0 Å². The van der Waals surface area contributed by atoms with E-state index in [1.54, 1.807) is 0 Å². The molecule has 4 bridgehead atoms. The number of carbonyl (C=O) groups excluding carboxylic acids is 1. The monoisotopic (exact) mass is 238 g/mol. The van der Waals surface area contributed by atoms with Crippen LogP contribution in [-0.4, -0.2) is 12.0 Å². The number of hydrogen-bond acceptors (Lipinski definition) is 1. The number of rotatable bonds is 4. The molecule has 4 rings (SSSR count). The summed E-state index contributed by atoms with van der Waals surface area (Å²) >= 11 is 0. The number of Topliss-reactive ketones (excluding diaryl/α,β-unsaturated/α-hetero) is 1. The second-order valence-corrected chi connectivity index (χ2v) is 7.00. The Balaban J connectivity index is 1.64. The van der Waals surface area contributed by atoms with Crippen molar-refractivity contribution in [2.24, 2.45) is 23.2 Å². The van der Waals surface area contributed by atoms with E-state index in [-0.39, 0.29) is 5.78 Å². The lowest BCUT2D eigenvalue weighted by Crippen LogP contribution is -2.46. The van der Waals surface area contributed by atoms with E-state index >= 15 is 0 Å². The maximum atomic E-state index is 12.9. The van der Waals surface area contributed by atoms with Gasteiger partial charge in [0.15, 0.2) is 12.0 Å². The molecule has 96 valence electrons. The largest absolute Gasteiger partial charge is 0.296 e. The fourth-order valence-corrected chi connectivity index (χ4v) is 5.18. The fourth-order valence-electron chi connectivity index (χ4n) is 5.18. The second kappa shape index (κ2) is 4.07. The third kappa shape index (κ3) is 2.15. The lowest BCUT2D eigenvalue weighted by Gasteiger charge is -2.57. The Labute approximate surface area is 103 Å². The summed E-state index contributed by atoms with van der Waals surface area (Å²) in [5, 5.41) is 0. The summed E-state index contributed by atoms with van der Waals surface area (Å²) in [6, 6.07) is 0. The SMILES string of the molecule is CC(F)C(=O)CCC12CC3CC(CC(C3)C1)C2. The van der Waals surface area contributed by atoms with Crippen molar-refractivity contribution in [3.05, 3.63) is 0 Å². The van der Waals surface area contributed by atoms with Crippen molar-refractivity contribution in [3.8, 4) is 0 Å². The molecule has 0 aromatic heterocycles. The standard InChI is InChI=1S/C15H23FO/c1-10(16)14(17)2-3-15-7-11-4-12(8-15)6-13(5-11)9-15/h10-13H,2-9H2,1H3. The van der Waals surface area contributed by atoms with Crippen molar-refractivity contribution in [1.82, 2.24) is 0 Å². The Morgan fingerprint density at radius 2 is 1.65 bits per heavy atom. The Morgan fingerprint density at radius 3 is 2.06 bits per heavy atom. The van der Waals surface area contributed by atoms with Crippen LogP contribution in [-0.2, 0) is 4.79 Å². The fraction of sp³-hybridized carbons (Fsp3) is 0.933. The zero-order chi connectivity index (χ0) is 12.0. The summed E-state index contributed by atoms with van der Waals surface area (Å²) in [6.45, 7) is 1.38. The van der Waals surface area contributed by atoms with E-state index in [9.17, 15) is 9.18 Å². The summed E-state index contributed by atoms with van der Waals surface area (Å²) in [4.78, 5) is 11.5. The van der Waals surface area contributed by atoms with E-state index in [4.69, 9.17) is 0 Å². The lowest BCUT2D eigenvalue weighted by atomic mass is 9.48. The highest BCUT2D eigenvalue weighted by molar-refractivity contribution is 5.82. The van der Waals surface area contributed by atoms with Crippen molar-refractivity contribution in [1.29, 1.82) is 0 Å².